The van der Waals surface area contributed by atoms with E-state index in [1.807, 2.05) is 0 Å². The summed E-state index contributed by atoms with van der Waals surface area (Å²) in [5.74, 6) is -2.12. The van der Waals surface area contributed by atoms with Crippen LogP contribution in [0.4, 0.5) is 5.69 Å². The number of amides is 2. The van der Waals surface area contributed by atoms with Crippen LogP contribution in [0.3, 0.4) is 0 Å². The minimum Gasteiger partial charge on any atom is -0.545 e. The lowest BCUT2D eigenvalue weighted by Crippen LogP contribution is -2.32. The van der Waals surface area contributed by atoms with Crippen LogP contribution in [0.5, 0.6) is 5.75 Å². The second-order valence-corrected chi connectivity index (χ2v) is 4.37. The summed E-state index contributed by atoms with van der Waals surface area (Å²) in [6.07, 6.45) is 0. The summed E-state index contributed by atoms with van der Waals surface area (Å²) in [5, 5.41) is 10.8. The summed E-state index contributed by atoms with van der Waals surface area (Å²) in [6.45, 7) is 3.13. The molecule has 1 aromatic rings. The van der Waals surface area contributed by atoms with Crippen LogP contribution >= 0.6 is 0 Å². The Kier molecular flexibility index (Phi) is 3.31. The number of aromatic carboxylic acids is 1. The van der Waals surface area contributed by atoms with Crippen LogP contribution in [-0.2, 0) is 9.59 Å². The maximum atomic E-state index is 12.1. The van der Waals surface area contributed by atoms with Crippen LogP contribution in [0.25, 0.3) is 0 Å². The van der Waals surface area contributed by atoms with Crippen molar-refractivity contribution in [3.8, 4) is 5.75 Å². The molecule has 104 valence electrons. The summed E-state index contributed by atoms with van der Waals surface area (Å²) in [6, 6.07) is 3.83. The number of benzene rings is 1. The number of carbonyl (C=O) groups is 3. The molecular weight excluding hydrogens is 262 g/mol. The van der Waals surface area contributed by atoms with Crippen molar-refractivity contribution in [2.45, 2.75) is 13.8 Å². The van der Waals surface area contributed by atoms with E-state index in [0.29, 0.717) is 11.1 Å². The quantitative estimate of drug-likeness (QED) is 0.738. The Balaban J connectivity index is 2.52. The summed E-state index contributed by atoms with van der Waals surface area (Å²) >= 11 is 0. The Morgan fingerprint density at radius 2 is 1.70 bits per heavy atom. The van der Waals surface area contributed by atoms with Gasteiger partial charge in [0.1, 0.15) is 5.75 Å². The molecule has 1 heterocycles. The highest BCUT2D eigenvalue weighted by atomic mass is 16.5. The van der Waals surface area contributed by atoms with Crippen molar-refractivity contribution in [2.75, 3.05) is 12.0 Å². The van der Waals surface area contributed by atoms with Gasteiger partial charge in [0, 0.05) is 16.7 Å². The molecule has 0 unspecified atom stereocenters. The molecule has 0 N–H and O–H groups in total. The van der Waals surface area contributed by atoms with Gasteiger partial charge in [0.15, 0.2) is 0 Å². The van der Waals surface area contributed by atoms with Gasteiger partial charge in [-0.3, -0.25) is 9.59 Å². The molecule has 0 saturated carbocycles. The fraction of sp³-hybridized carbons (Fsp3) is 0.214. The molecule has 0 radical (unpaired) electrons. The van der Waals surface area contributed by atoms with Crippen LogP contribution in [0.2, 0.25) is 0 Å². The summed E-state index contributed by atoms with van der Waals surface area (Å²) in [7, 11) is 1.33. The van der Waals surface area contributed by atoms with Crippen molar-refractivity contribution in [1.82, 2.24) is 0 Å². The number of nitrogens with zero attached hydrogens (tertiary/aromatic N) is 1. The molecule has 0 aliphatic carbocycles. The normalized spacial score (nSPS) is 15.1. The largest absolute Gasteiger partial charge is 0.545 e. The minimum atomic E-state index is -1.36. The third kappa shape index (κ3) is 1.95. The fourth-order valence-corrected chi connectivity index (χ4v) is 1.96. The van der Waals surface area contributed by atoms with Gasteiger partial charge >= 0.3 is 0 Å². The number of hydrogen-bond donors (Lipinski definition) is 0. The monoisotopic (exact) mass is 274 g/mol. The van der Waals surface area contributed by atoms with Gasteiger partial charge in [0.2, 0.25) is 0 Å². The first-order chi connectivity index (χ1) is 9.38. The highest BCUT2D eigenvalue weighted by molar-refractivity contribution is 6.33. The van der Waals surface area contributed by atoms with Gasteiger partial charge in [-0.2, -0.15) is 0 Å². The number of carboxylic acids is 1. The molecule has 2 amide bonds. The Hall–Kier alpha value is -2.63. The zero-order valence-corrected chi connectivity index (χ0v) is 11.2. The van der Waals surface area contributed by atoms with E-state index in [1.165, 1.54) is 25.3 Å². The third-order valence-corrected chi connectivity index (χ3v) is 3.27. The zero-order chi connectivity index (χ0) is 15.0. The summed E-state index contributed by atoms with van der Waals surface area (Å²) in [5.41, 5.74) is 0.844. The highest BCUT2D eigenvalue weighted by Crippen LogP contribution is 2.34. The molecule has 20 heavy (non-hydrogen) atoms. The first kappa shape index (κ1) is 13.8. The van der Waals surface area contributed by atoms with E-state index in [1.54, 1.807) is 13.8 Å². The molecule has 0 spiro atoms. The van der Waals surface area contributed by atoms with E-state index in [2.05, 4.69) is 0 Å². The first-order valence-electron chi connectivity index (χ1n) is 5.84. The van der Waals surface area contributed by atoms with Crippen molar-refractivity contribution >= 4 is 23.5 Å². The Bertz CT molecular complexity index is 636. The van der Waals surface area contributed by atoms with E-state index in [0.717, 1.165) is 4.90 Å². The van der Waals surface area contributed by atoms with E-state index < -0.39 is 17.8 Å². The second-order valence-electron chi connectivity index (χ2n) is 4.37. The number of ether oxygens (including phenoxy) is 1. The number of rotatable bonds is 3. The van der Waals surface area contributed by atoms with Crippen molar-refractivity contribution in [3.05, 3.63) is 34.9 Å². The topological polar surface area (TPSA) is 86.7 Å². The third-order valence-electron chi connectivity index (χ3n) is 3.27. The van der Waals surface area contributed by atoms with Gasteiger partial charge in [-0.1, -0.05) is 6.07 Å². The van der Waals surface area contributed by atoms with Crippen molar-refractivity contribution in [1.29, 1.82) is 0 Å². The summed E-state index contributed by atoms with van der Waals surface area (Å²) < 4.78 is 5.06. The Labute approximate surface area is 115 Å². The molecule has 1 aliphatic rings. The molecule has 2 rings (SSSR count). The maximum Gasteiger partial charge on any atom is 0.261 e. The molecular formula is C14H12NO5-. The average molecular weight is 274 g/mol. The second kappa shape index (κ2) is 4.80. The molecule has 0 fully saturated rings. The molecule has 6 heteroatoms. The lowest BCUT2D eigenvalue weighted by molar-refractivity contribution is -0.255. The number of carboxylic acid groups (broad SMARTS) is 1. The van der Waals surface area contributed by atoms with Crippen LogP contribution in [0.15, 0.2) is 29.3 Å². The fourth-order valence-electron chi connectivity index (χ4n) is 1.96. The molecule has 0 bridgehead atoms. The van der Waals surface area contributed by atoms with Gasteiger partial charge in [0.25, 0.3) is 11.8 Å². The van der Waals surface area contributed by atoms with Gasteiger partial charge in [-0.25, -0.2) is 4.90 Å². The van der Waals surface area contributed by atoms with E-state index in [9.17, 15) is 19.5 Å². The smallest absolute Gasteiger partial charge is 0.261 e. The van der Waals surface area contributed by atoms with Crippen LogP contribution < -0.4 is 14.7 Å². The first-order valence-corrected chi connectivity index (χ1v) is 5.84. The van der Waals surface area contributed by atoms with Crippen molar-refractivity contribution in [2.24, 2.45) is 0 Å². The zero-order valence-electron chi connectivity index (χ0n) is 11.2. The van der Waals surface area contributed by atoms with E-state index in [-0.39, 0.29) is 17.0 Å². The van der Waals surface area contributed by atoms with Crippen molar-refractivity contribution < 1.29 is 24.2 Å². The lowest BCUT2D eigenvalue weighted by atomic mass is 10.1. The number of carbonyl (C=O) groups excluding carboxylic acids is 3. The number of hydrogen-bond acceptors (Lipinski definition) is 5. The van der Waals surface area contributed by atoms with Crippen molar-refractivity contribution in [3.63, 3.8) is 0 Å². The van der Waals surface area contributed by atoms with Crippen LogP contribution in [0.1, 0.15) is 24.2 Å². The van der Waals surface area contributed by atoms with E-state index >= 15 is 0 Å². The average Bonchev–Trinajstić information content (AvgIpc) is 2.62. The highest BCUT2D eigenvalue weighted by Gasteiger charge is 2.36. The molecule has 6 nitrogen and oxygen atoms in total. The number of methoxy groups -OCH3 is 1. The Morgan fingerprint density at radius 1 is 1.15 bits per heavy atom. The summed E-state index contributed by atoms with van der Waals surface area (Å²) in [4.78, 5) is 35.9. The Morgan fingerprint density at radius 3 is 2.15 bits per heavy atom. The molecule has 1 aliphatic heterocycles. The predicted molar refractivity (Wildman–Crippen MR) is 68.2 cm³/mol. The van der Waals surface area contributed by atoms with Gasteiger partial charge < -0.3 is 14.6 Å². The van der Waals surface area contributed by atoms with Crippen LogP contribution in [0, 0.1) is 0 Å². The number of imide groups is 1. The molecule has 1 aromatic carbocycles. The molecule has 0 atom stereocenters. The van der Waals surface area contributed by atoms with E-state index in [4.69, 9.17) is 4.74 Å². The van der Waals surface area contributed by atoms with Gasteiger partial charge in [-0.05, 0) is 26.0 Å². The van der Waals surface area contributed by atoms with Crippen LogP contribution in [-0.4, -0.2) is 24.9 Å². The number of anilines is 1. The SMILES string of the molecule is COc1cc(C(=O)[O-])ccc1N1C(=O)C(C)=C(C)C1=O. The predicted octanol–water partition coefficient (Wildman–Crippen LogP) is 0.268. The minimum absolute atomic E-state index is 0.0916. The standard InChI is InChI=1S/C14H13NO5/c1-7-8(2)13(17)15(12(7)16)10-5-4-9(14(18)19)6-11(10)20-3/h4-6H,1-3H3,(H,18,19)/p-1. The van der Waals surface area contributed by atoms with Gasteiger partial charge in [-0.15, -0.1) is 0 Å². The van der Waals surface area contributed by atoms with Gasteiger partial charge in [0.05, 0.1) is 18.8 Å². The molecule has 0 saturated heterocycles. The maximum absolute atomic E-state index is 12.1. The lowest BCUT2D eigenvalue weighted by Gasteiger charge is -2.19. The molecule has 0 aromatic heterocycles.